The third-order valence-corrected chi connectivity index (χ3v) is 4.36. The number of nitrogens with two attached hydrogens (primary N) is 1. The molecule has 4 heteroatoms. The highest BCUT2D eigenvalue weighted by molar-refractivity contribution is 5.31. The molecule has 4 nitrogen and oxygen atoms in total. The van der Waals surface area contributed by atoms with Crippen LogP contribution < -0.4 is 5.73 Å². The molecular weight excluding hydrogens is 212 g/mol. The predicted octanol–water partition coefficient (Wildman–Crippen LogP) is 1.27. The van der Waals surface area contributed by atoms with Gasteiger partial charge in [-0.2, -0.15) is 5.10 Å². The molecule has 17 heavy (non-hydrogen) atoms. The molecule has 2 unspecified atom stereocenters. The lowest BCUT2D eigenvalue weighted by atomic mass is 9.99. The van der Waals surface area contributed by atoms with Gasteiger partial charge in [-0.3, -0.25) is 9.58 Å². The molecule has 94 valence electrons. The summed E-state index contributed by atoms with van der Waals surface area (Å²) in [6.07, 6.45) is 3.82. The van der Waals surface area contributed by atoms with Crippen LogP contribution in [-0.2, 0) is 7.05 Å². The summed E-state index contributed by atoms with van der Waals surface area (Å²) < 4.78 is 1.99. The van der Waals surface area contributed by atoms with Gasteiger partial charge in [0.1, 0.15) is 0 Å². The summed E-state index contributed by atoms with van der Waals surface area (Å²) in [6, 6.07) is 1.46. The van der Waals surface area contributed by atoms with Gasteiger partial charge in [-0.05, 0) is 33.1 Å². The van der Waals surface area contributed by atoms with Gasteiger partial charge >= 0.3 is 0 Å². The van der Waals surface area contributed by atoms with Gasteiger partial charge < -0.3 is 5.73 Å². The van der Waals surface area contributed by atoms with E-state index in [0.29, 0.717) is 6.04 Å². The van der Waals surface area contributed by atoms with Crippen LogP contribution in [0.2, 0.25) is 0 Å². The van der Waals surface area contributed by atoms with E-state index in [1.165, 1.54) is 24.1 Å². The molecule has 2 N–H and O–H groups in total. The maximum absolute atomic E-state index is 6.34. The molecule has 1 aliphatic heterocycles. The summed E-state index contributed by atoms with van der Waals surface area (Å²) in [5.74, 6) is 0. The van der Waals surface area contributed by atoms with Crippen molar-refractivity contribution < 1.29 is 0 Å². The number of hydrogen-bond acceptors (Lipinski definition) is 3. The Balaban J connectivity index is 2.00. The van der Waals surface area contributed by atoms with Crippen molar-refractivity contribution in [2.75, 3.05) is 6.54 Å². The summed E-state index contributed by atoms with van der Waals surface area (Å²) in [5.41, 5.74) is 10.1. The molecule has 2 aliphatic rings. The van der Waals surface area contributed by atoms with E-state index in [2.05, 4.69) is 23.8 Å². The molecular formula is C13H22N4. The van der Waals surface area contributed by atoms with Crippen LogP contribution in [0.3, 0.4) is 0 Å². The van der Waals surface area contributed by atoms with Gasteiger partial charge in [-0.25, -0.2) is 0 Å². The van der Waals surface area contributed by atoms with Gasteiger partial charge in [-0.15, -0.1) is 0 Å². The molecule has 1 aliphatic carbocycles. The number of likely N-dealkylation sites (tertiary alicyclic amines) is 1. The fourth-order valence-electron chi connectivity index (χ4n) is 3.25. The van der Waals surface area contributed by atoms with E-state index in [0.717, 1.165) is 24.7 Å². The molecule has 2 atom stereocenters. The summed E-state index contributed by atoms with van der Waals surface area (Å²) >= 11 is 0. The third-order valence-electron chi connectivity index (χ3n) is 4.36. The van der Waals surface area contributed by atoms with E-state index in [-0.39, 0.29) is 6.04 Å². The first-order valence-corrected chi connectivity index (χ1v) is 6.61. The molecule has 2 fully saturated rings. The van der Waals surface area contributed by atoms with Gasteiger partial charge in [0.15, 0.2) is 0 Å². The zero-order chi connectivity index (χ0) is 12.2. The third kappa shape index (κ3) is 1.70. The second-order valence-corrected chi connectivity index (χ2v) is 5.57. The van der Waals surface area contributed by atoms with Crippen LogP contribution in [0.25, 0.3) is 0 Å². The summed E-state index contributed by atoms with van der Waals surface area (Å²) in [6.45, 7) is 5.42. The van der Waals surface area contributed by atoms with Crippen LogP contribution in [0, 0.1) is 13.8 Å². The maximum atomic E-state index is 6.34. The van der Waals surface area contributed by atoms with Gasteiger partial charge in [0, 0.05) is 36.9 Å². The quantitative estimate of drug-likeness (QED) is 0.838. The fourth-order valence-corrected chi connectivity index (χ4v) is 3.25. The number of aromatic nitrogens is 2. The normalized spacial score (nSPS) is 30.1. The molecule has 0 bridgehead atoms. The smallest absolute Gasteiger partial charge is 0.0644 e. The molecule has 0 aromatic carbocycles. The van der Waals surface area contributed by atoms with Crippen molar-refractivity contribution in [1.82, 2.24) is 14.7 Å². The van der Waals surface area contributed by atoms with E-state index < -0.39 is 0 Å². The van der Waals surface area contributed by atoms with Crippen LogP contribution in [0.4, 0.5) is 0 Å². The SMILES string of the molecule is Cc1nn(C)c(C)c1C1C(N)CCN1C1CC1. The number of hydrogen-bond donors (Lipinski definition) is 1. The molecule has 2 heterocycles. The molecule has 1 aromatic rings. The molecule has 0 spiro atoms. The Bertz CT molecular complexity index is 433. The lowest BCUT2D eigenvalue weighted by Gasteiger charge is -2.27. The van der Waals surface area contributed by atoms with Gasteiger partial charge in [0.05, 0.1) is 11.7 Å². The van der Waals surface area contributed by atoms with Crippen LogP contribution in [-0.4, -0.2) is 33.3 Å². The van der Waals surface area contributed by atoms with Crippen molar-refractivity contribution in [3.8, 4) is 0 Å². The van der Waals surface area contributed by atoms with Crippen LogP contribution >= 0.6 is 0 Å². The topological polar surface area (TPSA) is 47.1 Å². The molecule has 3 rings (SSSR count). The highest BCUT2D eigenvalue weighted by atomic mass is 15.3. The Labute approximate surface area is 103 Å². The first-order valence-electron chi connectivity index (χ1n) is 6.61. The fraction of sp³-hybridized carbons (Fsp3) is 0.769. The number of rotatable bonds is 2. The van der Waals surface area contributed by atoms with E-state index in [9.17, 15) is 0 Å². The van der Waals surface area contributed by atoms with Gasteiger partial charge in [-0.1, -0.05) is 0 Å². The molecule has 1 saturated carbocycles. The Morgan fingerprint density at radius 2 is 1.94 bits per heavy atom. The number of nitrogens with zero attached hydrogens (tertiary/aromatic N) is 3. The average Bonchev–Trinajstić information content (AvgIpc) is 3.00. The van der Waals surface area contributed by atoms with E-state index in [4.69, 9.17) is 5.73 Å². The van der Waals surface area contributed by atoms with E-state index >= 15 is 0 Å². The van der Waals surface area contributed by atoms with Crippen molar-refractivity contribution in [2.24, 2.45) is 12.8 Å². The number of aryl methyl sites for hydroxylation is 2. The second kappa shape index (κ2) is 3.82. The Hall–Kier alpha value is -0.870. The summed E-state index contributed by atoms with van der Waals surface area (Å²) in [4.78, 5) is 2.61. The zero-order valence-corrected chi connectivity index (χ0v) is 11.0. The van der Waals surface area contributed by atoms with E-state index in [1.54, 1.807) is 0 Å². The lowest BCUT2D eigenvalue weighted by Crippen LogP contribution is -2.33. The Kier molecular flexibility index (Phi) is 2.52. The van der Waals surface area contributed by atoms with Crippen molar-refractivity contribution in [1.29, 1.82) is 0 Å². The van der Waals surface area contributed by atoms with Crippen molar-refractivity contribution in [3.05, 3.63) is 17.0 Å². The highest BCUT2D eigenvalue weighted by Gasteiger charge is 2.43. The van der Waals surface area contributed by atoms with Crippen LogP contribution in [0.15, 0.2) is 0 Å². The minimum absolute atomic E-state index is 0.275. The molecule has 1 aromatic heterocycles. The first kappa shape index (κ1) is 11.2. The van der Waals surface area contributed by atoms with E-state index in [1.807, 2.05) is 11.7 Å². The minimum atomic E-state index is 0.275. The summed E-state index contributed by atoms with van der Waals surface area (Å²) in [5, 5.41) is 4.54. The van der Waals surface area contributed by atoms with Crippen molar-refractivity contribution in [2.45, 2.75) is 51.2 Å². The molecule has 1 saturated heterocycles. The second-order valence-electron chi connectivity index (χ2n) is 5.57. The molecule has 0 amide bonds. The van der Waals surface area contributed by atoms with Gasteiger partial charge in [0.2, 0.25) is 0 Å². The Morgan fingerprint density at radius 3 is 2.47 bits per heavy atom. The van der Waals surface area contributed by atoms with Gasteiger partial charge in [0.25, 0.3) is 0 Å². The predicted molar refractivity (Wildman–Crippen MR) is 67.7 cm³/mol. The largest absolute Gasteiger partial charge is 0.326 e. The Morgan fingerprint density at radius 1 is 1.24 bits per heavy atom. The zero-order valence-electron chi connectivity index (χ0n) is 11.0. The average molecular weight is 234 g/mol. The summed E-state index contributed by atoms with van der Waals surface area (Å²) in [7, 11) is 2.02. The minimum Gasteiger partial charge on any atom is -0.326 e. The highest BCUT2D eigenvalue weighted by Crippen LogP contribution is 2.41. The lowest BCUT2D eigenvalue weighted by molar-refractivity contribution is 0.236. The first-order chi connectivity index (χ1) is 8.09. The molecule has 0 radical (unpaired) electrons. The van der Waals surface area contributed by atoms with Crippen molar-refractivity contribution in [3.63, 3.8) is 0 Å². The maximum Gasteiger partial charge on any atom is 0.0644 e. The van der Waals surface area contributed by atoms with Crippen LogP contribution in [0.1, 0.15) is 42.3 Å². The monoisotopic (exact) mass is 234 g/mol. The van der Waals surface area contributed by atoms with Crippen LogP contribution in [0.5, 0.6) is 0 Å². The van der Waals surface area contributed by atoms with Crippen molar-refractivity contribution >= 4 is 0 Å². The standard InChI is InChI=1S/C13H22N4/c1-8-12(9(2)16(3)15-8)13-11(14)6-7-17(13)10-4-5-10/h10-11,13H,4-7,14H2,1-3H3.